The van der Waals surface area contributed by atoms with Crippen LogP contribution in [-0.4, -0.2) is 35.0 Å². The minimum Gasteiger partial charge on any atom is -0.475 e. The topological polar surface area (TPSA) is 70.8 Å². The number of hydrogen-bond donors (Lipinski definition) is 1. The quantitative estimate of drug-likeness (QED) is 0.652. The SMILES string of the molecule is O=C(O)c1ccc(CCCN(CCCc2cccc(Cl)c2)C(=O)C2CC2)o1. The summed E-state index contributed by atoms with van der Waals surface area (Å²) in [7, 11) is 0. The van der Waals surface area contributed by atoms with E-state index in [1.807, 2.05) is 23.1 Å². The third kappa shape index (κ3) is 5.86. The molecule has 1 aliphatic rings. The number of aryl methyl sites for hydroxylation is 2. The van der Waals surface area contributed by atoms with E-state index in [4.69, 9.17) is 21.1 Å². The third-order valence-electron chi connectivity index (χ3n) is 4.74. The Morgan fingerprint density at radius 3 is 2.48 bits per heavy atom. The van der Waals surface area contributed by atoms with Crippen molar-refractivity contribution in [1.82, 2.24) is 4.90 Å². The van der Waals surface area contributed by atoms with Crippen LogP contribution in [0.3, 0.4) is 0 Å². The van der Waals surface area contributed by atoms with E-state index in [9.17, 15) is 9.59 Å². The number of furan rings is 1. The molecule has 0 saturated heterocycles. The monoisotopic (exact) mass is 389 g/mol. The maximum atomic E-state index is 12.5. The lowest BCUT2D eigenvalue weighted by Crippen LogP contribution is -2.34. The maximum Gasteiger partial charge on any atom is 0.371 e. The number of hydrogen-bond acceptors (Lipinski definition) is 3. The highest BCUT2D eigenvalue weighted by atomic mass is 35.5. The van der Waals surface area contributed by atoms with Gasteiger partial charge in [0.2, 0.25) is 11.7 Å². The molecule has 0 unspecified atom stereocenters. The fourth-order valence-corrected chi connectivity index (χ4v) is 3.37. The van der Waals surface area contributed by atoms with Gasteiger partial charge in [-0.1, -0.05) is 23.7 Å². The minimum atomic E-state index is -1.06. The third-order valence-corrected chi connectivity index (χ3v) is 4.98. The lowest BCUT2D eigenvalue weighted by Gasteiger charge is -2.22. The Labute approximate surface area is 163 Å². The molecule has 144 valence electrons. The predicted molar refractivity (Wildman–Crippen MR) is 103 cm³/mol. The molecule has 0 atom stereocenters. The van der Waals surface area contributed by atoms with Gasteiger partial charge < -0.3 is 14.4 Å². The number of nitrogens with zero attached hydrogens (tertiary/aromatic N) is 1. The first-order chi connectivity index (χ1) is 13.0. The lowest BCUT2D eigenvalue weighted by atomic mass is 10.1. The van der Waals surface area contributed by atoms with Gasteiger partial charge in [0, 0.05) is 30.5 Å². The van der Waals surface area contributed by atoms with Crippen LogP contribution < -0.4 is 0 Å². The highest BCUT2D eigenvalue weighted by Crippen LogP contribution is 2.31. The zero-order valence-electron chi connectivity index (χ0n) is 15.2. The Morgan fingerprint density at radius 2 is 1.85 bits per heavy atom. The lowest BCUT2D eigenvalue weighted by molar-refractivity contribution is -0.132. The largest absolute Gasteiger partial charge is 0.475 e. The predicted octanol–water partition coefficient (Wildman–Crippen LogP) is 4.44. The van der Waals surface area contributed by atoms with E-state index in [0.29, 0.717) is 18.7 Å². The fourth-order valence-electron chi connectivity index (χ4n) is 3.16. The van der Waals surface area contributed by atoms with Crippen molar-refractivity contribution in [3.8, 4) is 0 Å². The zero-order chi connectivity index (χ0) is 19.2. The van der Waals surface area contributed by atoms with Crippen LogP contribution in [0.2, 0.25) is 5.02 Å². The number of carboxylic acids is 1. The van der Waals surface area contributed by atoms with Gasteiger partial charge in [-0.3, -0.25) is 4.79 Å². The van der Waals surface area contributed by atoms with E-state index >= 15 is 0 Å². The van der Waals surface area contributed by atoms with Crippen LogP contribution in [-0.2, 0) is 17.6 Å². The number of carbonyl (C=O) groups excluding carboxylic acids is 1. The van der Waals surface area contributed by atoms with Crippen LogP contribution >= 0.6 is 11.6 Å². The van der Waals surface area contributed by atoms with Crippen LogP contribution in [0.4, 0.5) is 0 Å². The Morgan fingerprint density at radius 1 is 1.11 bits per heavy atom. The molecule has 1 heterocycles. The second kappa shape index (κ2) is 9.09. The summed E-state index contributed by atoms with van der Waals surface area (Å²) in [6.45, 7) is 1.38. The van der Waals surface area contributed by atoms with E-state index in [0.717, 1.165) is 43.7 Å². The Balaban J connectivity index is 1.48. The molecule has 1 aliphatic carbocycles. The van der Waals surface area contributed by atoms with Gasteiger partial charge in [-0.15, -0.1) is 0 Å². The summed E-state index contributed by atoms with van der Waals surface area (Å²) in [5.41, 5.74) is 1.18. The molecular formula is C21H24ClNO4. The molecule has 3 rings (SSSR count). The Hall–Kier alpha value is -2.27. The summed E-state index contributed by atoms with van der Waals surface area (Å²) in [5, 5.41) is 9.64. The molecule has 0 aliphatic heterocycles. The molecule has 0 spiro atoms. The summed E-state index contributed by atoms with van der Waals surface area (Å²) in [5.74, 6) is -0.0273. The first-order valence-electron chi connectivity index (χ1n) is 9.38. The first-order valence-corrected chi connectivity index (χ1v) is 9.76. The summed E-state index contributed by atoms with van der Waals surface area (Å²) in [4.78, 5) is 25.4. The van der Waals surface area contributed by atoms with Crippen molar-refractivity contribution in [2.75, 3.05) is 13.1 Å². The standard InChI is InChI=1S/C21H24ClNO4/c22-17-6-1-4-15(14-17)5-2-12-23(20(24)16-8-9-16)13-3-7-18-10-11-19(27-18)21(25)26/h1,4,6,10-11,14,16H,2-3,5,7-9,12-13H2,(H,25,26). The van der Waals surface area contributed by atoms with E-state index < -0.39 is 5.97 Å². The van der Waals surface area contributed by atoms with Gasteiger partial charge in [0.05, 0.1) is 0 Å². The van der Waals surface area contributed by atoms with Gasteiger partial charge in [-0.25, -0.2) is 4.79 Å². The second-order valence-electron chi connectivity index (χ2n) is 7.01. The van der Waals surface area contributed by atoms with Crippen molar-refractivity contribution in [3.05, 3.63) is 58.5 Å². The average Bonchev–Trinajstić information content (AvgIpc) is 3.38. The number of carboxylic acid groups (broad SMARTS) is 1. The van der Waals surface area contributed by atoms with Crippen LogP contribution in [0.1, 0.15) is 47.6 Å². The molecule has 1 N–H and O–H groups in total. The van der Waals surface area contributed by atoms with Gasteiger partial charge in [0.15, 0.2) is 0 Å². The second-order valence-corrected chi connectivity index (χ2v) is 7.44. The molecule has 6 heteroatoms. The number of rotatable bonds is 10. The average molecular weight is 390 g/mol. The molecule has 27 heavy (non-hydrogen) atoms. The molecule has 5 nitrogen and oxygen atoms in total. The van der Waals surface area contributed by atoms with Gasteiger partial charge in [0.1, 0.15) is 5.76 Å². The summed E-state index contributed by atoms with van der Waals surface area (Å²) in [6.07, 6.45) is 5.13. The highest BCUT2D eigenvalue weighted by molar-refractivity contribution is 6.30. The van der Waals surface area contributed by atoms with Gasteiger partial charge in [0.25, 0.3) is 0 Å². The smallest absolute Gasteiger partial charge is 0.371 e. The number of aromatic carboxylic acids is 1. The molecule has 1 aromatic heterocycles. The van der Waals surface area contributed by atoms with E-state index in [2.05, 4.69) is 6.07 Å². The van der Waals surface area contributed by atoms with Crippen molar-refractivity contribution < 1.29 is 19.1 Å². The van der Waals surface area contributed by atoms with Gasteiger partial charge in [-0.2, -0.15) is 0 Å². The summed E-state index contributed by atoms with van der Waals surface area (Å²) in [6, 6.07) is 11.0. The molecule has 1 fully saturated rings. The summed E-state index contributed by atoms with van der Waals surface area (Å²) >= 11 is 6.02. The molecule has 1 aromatic carbocycles. The van der Waals surface area contributed by atoms with Crippen molar-refractivity contribution in [2.45, 2.75) is 38.5 Å². The van der Waals surface area contributed by atoms with Gasteiger partial charge in [-0.05, 0) is 61.9 Å². The first kappa shape index (κ1) is 19.5. The van der Waals surface area contributed by atoms with Gasteiger partial charge >= 0.3 is 5.97 Å². The number of carbonyl (C=O) groups is 2. The van der Waals surface area contributed by atoms with Crippen LogP contribution in [0.5, 0.6) is 0 Å². The summed E-state index contributed by atoms with van der Waals surface area (Å²) < 4.78 is 5.28. The molecular weight excluding hydrogens is 366 g/mol. The maximum absolute atomic E-state index is 12.5. The number of halogens is 1. The van der Waals surface area contributed by atoms with E-state index in [1.54, 1.807) is 6.07 Å². The van der Waals surface area contributed by atoms with Crippen LogP contribution in [0, 0.1) is 5.92 Å². The molecule has 1 saturated carbocycles. The molecule has 0 radical (unpaired) electrons. The molecule has 0 bridgehead atoms. The van der Waals surface area contributed by atoms with Crippen LogP contribution in [0.15, 0.2) is 40.8 Å². The molecule has 2 aromatic rings. The van der Waals surface area contributed by atoms with Crippen molar-refractivity contribution in [1.29, 1.82) is 0 Å². The number of benzene rings is 1. The number of amides is 1. The van der Waals surface area contributed by atoms with Crippen molar-refractivity contribution in [3.63, 3.8) is 0 Å². The normalized spacial score (nSPS) is 13.5. The fraction of sp³-hybridized carbons (Fsp3) is 0.429. The molecule has 1 amide bonds. The highest BCUT2D eigenvalue weighted by Gasteiger charge is 2.33. The minimum absolute atomic E-state index is 0.0440. The Bertz CT molecular complexity index is 797. The zero-order valence-corrected chi connectivity index (χ0v) is 16.0. The van der Waals surface area contributed by atoms with Crippen molar-refractivity contribution >= 4 is 23.5 Å². The van der Waals surface area contributed by atoms with Crippen molar-refractivity contribution in [2.24, 2.45) is 5.92 Å². The van der Waals surface area contributed by atoms with Crippen LogP contribution in [0.25, 0.3) is 0 Å². The van der Waals surface area contributed by atoms with E-state index in [-0.39, 0.29) is 17.6 Å². The van der Waals surface area contributed by atoms with E-state index in [1.165, 1.54) is 11.6 Å². The Kier molecular flexibility index (Phi) is 6.56.